The number of alkyl halides is 3. The summed E-state index contributed by atoms with van der Waals surface area (Å²) in [6, 6.07) is 3.31. The van der Waals surface area contributed by atoms with Crippen molar-refractivity contribution in [2.24, 2.45) is 0 Å². The van der Waals surface area contributed by atoms with E-state index in [0.717, 1.165) is 25.0 Å². The Morgan fingerprint density at radius 2 is 1.71 bits per heavy atom. The summed E-state index contributed by atoms with van der Waals surface area (Å²) in [4.78, 5) is 37.8. The number of nitrogens with zero attached hydrogens (tertiary/aromatic N) is 4. The average molecular weight is 636 g/mol. The van der Waals surface area contributed by atoms with Crippen molar-refractivity contribution in [1.82, 2.24) is 14.9 Å². The Labute approximate surface area is 260 Å². The van der Waals surface area contributed by atoms with E-state index in [2.05, 4.69) is 15.3 Å². The largest absolute Gasteiger partial charge is 0.496 e. The third kappa shape index (κ3) is 8.08. The van der Waals surface area contributed by atoms with Crippen LogP contribution in [0.15, 0.2) is 22.6 Å². The van der Waals surface area contributed by atoms with Crippen molar-refractivity contribution < 1.29 is 41.4 Å². The van der Waals surface area contributed by atoms with Crippen molar-refractivity contribution in [2.75, 3.05) is 37.5 Å². The Morgan fingerprint density at radius 1 is 1.04 bits per heavy atom. The second-order valence-electron chi connectivity index (χ2n) is 13.0. The van der Waals surface area contributed by atoms with Crippen LogP contribution in [0.2, 0.25) is 0 Å². The van der Waals surface area contributed by atoms with E-state index >= 15 is 0 Å². The SMILES string of the molecule is COc1cc(C(F)(F)F)cc(C)c1-c1cc(N(C)C(=O)OC(C)(C)C)c2oc(N[C@@H]3CCCN(C(=O)OC(C)(C)C)C3)nc2n1. The third-order valence-corrected chi connectivity index (χ3v) is 6.87. The van der Waals surface area contributed by atoms with Crippen LogP contribution in [0.5, 0.6) is 5.75 Å². The number of carbonyl (C=O) groups excluding carboxylic acids is 2. The lowest BCUT2D eigenvalue weighted by atomic mass is 9.99. The smallest absolute Gasteiger partial charge is 0.416 e. The molecule has 45 heavy (non-hydrogen) atoms. The Bertz CT molecular complexity index is 1570. The fourth-order valence-corrected chi connectivity index (χ4v) is 4.93. The monoisotopic (exact) mass is 635 g/mol. The first-order chi connectivity index (χ1) is 20.8. The highest BCUT2D eigenvalue weighted by Gasteiger charge is 2.34. The molecule has 0 spiro atoms. The van der Waals surface area contributed by atoms with Crippen LogP contribution in [0.1, 0.15) is 65.5 Å². The van der Waals surface area contributed by atoms with Crippen LogP contribution in [-0.4, -0.2) is 71.5 Å². The quantitative estimate of drug-likeness (QED) is 0.306. The zero-order chi connectivity index (χ0) is 33.5. The van der Waals surface area contributed by atoms with E-state index in [1.807, 2.05) is 0 Å². The average Bonchev–Trinajstić information content (AvgIpc) is 3.31. The molecule has 246 valence electrons. The van der Waals surface area contributed by atoms with Gasteiger partial charge in [-0.1, -0.05) is 0 Å². The highest BCUT2D eigenvalue weighted by atomic mass is 19.4. The first-order valence-electron chi connectivity index (χ1n) is 14.5. The van der Waals surface area contributed by atoms with Gasteiger partial charge in [0, 0.05) is 31.7 Å². The molecule has 3 aromatic rings. The molecule has 0 aliphatic carbocycles. The highest BCUT2D eigenvalue weighted by Crippen LogP contribution is 2.41. The van der Waals surface area contributed by atoms with Crippen molar-refractivity contribution in [1.29, 1.82) is 0 Å². The van der Waals surface area contributed by atoms with Gasteiger partial charge in [0.1, 0.15) is 17.0 Å². The highest BCUT2D eigenvalue weighted by molar-refractivity contribution is 5.98. The number of rotatable bonds is 5. The molecule has 3 heterocycles. The predicted octanol–water partition coefficient (Wildman–Crippen LogP) is 7.41. The van der Waals surface area contributed by atoms with Crippen LogP contribution in [0.25, 0.3) is 22.5 Å². The number of carbonyl (C=O) groups is 2. The van der Waals surface area contributed by atoms with Gasteiger partial charge >= 0.3 is 18.4 Å². The third-order valence-electron chi connectivity index (χ3n) is 6.87. The van der Waals surface area contributed by atoms with E-state index < -0.39 is 35.1 Å². The molecule has 0 bridgehead atoms. The van der Waals surface area contributed by atoms with Crippen molar-refractivity contribution in [3.05, 3.63) is 29.3 Å². The number of methoxy groups -OCH3 is 1. The number of ether oxygens (including phenoxy) is 3. The topological polar surface area (TPSA) is 119 Å². The molecule has 4 rings (SSSR count). The first-order valence-corrected chi connectivity index (χ1v) is 14.5. The minimum absolute atomic E-state index is 0.0497. The lowest BCUT2D eigenvalue weighted by Gasteiger charge is -2.34. The molecule has 1 atom stereocenters. The molecule has 11 nitrogen and oxygen atoms in total. The first kappa shape index (κ1) is 33.7. The summed E-state index contributed by atoms with van der Waals surface area (Å²) in [6.45, 7) is 13.0. The van der Waals surface area contributed by atoms with Gasteiger partial charge in [-0.25, -0.2) is 14.6 Å². The second kappa shape index (κ2) is 12.3. The van der Waals surface area contributed by atoms with Crippen LogP contribution in [0.3, 0.4) is 0 Å². The van der Waals surface area contributed by atoms with Gasteiger partial charge in [-0.15, -0.1) is 0 Å². The van der Waals surface area contributed by atoms with Crippen LogP contribution in [0, 0.1) is 6.92 Å². The summed E-state index contributed by atoms with van der Waals surface area (Å²) >= 11 is 0. The maximum atomic E-state index is 13.6. The molecule has 0 saturated carbocycles. The van der Waals surface area contributed by atoms with Gasteiger partial charge in [-0.2, -0.15) is 18.2 Å². The number of fused-ring (bicyclic) bond motifs is 1. The number of nitrogens with one attached hydrogen (secondary N) is 1. The van der Waals surface area contributed by atoms with Gasteiger partial charge in [0.2, 0.25) is 5.65 Å². The number of hydrogen-bond donors (Lipinski definition) is 1. The number of amides is 2. The summed E-state index contributed by atoms with van der Waals surface area (Å²) in [5.41, 5.74) is -1.06. The predicted molar refractivity (Wildman–Crippen MR) is 163 cm³/mol. The van der Waals surface area contributed by atoms with Crippen LogP contribution >= 0.6 is 0 Å². The lowest BCUT2D eigenvalue weighted by Crippen LogP contribution is -2.47. The Balaban J connectivity index is 1.76. The molecule has 1 aliphatic rings. The van der Waals surface area contributed by atoms with Crippen LogP contribution in [0.4, 0.5) is 34.5 Å². The molecule has 0 radical (unpaired) electrons. The van der Waals surface area contributed by atoms with E-state index in [1.54, 1.807) is 46.4 Å². The van der Waals surface area contributed by atoms with E-state index in [9.17, 15) is 22.8 Å². The Kier molecular flexibility index (Phi) is 9.19. The molecular formula is C31H40F3N5O6. The summed E-state index contributed by atoms with van der Waals surface area (Å²) in [5.74, 6) is -0.0497. The molecule has 2 amide bonds. The molecular weight excluding hydrogens is 595 g/mol. The molecule has 1 aliphatic heterocycles. The van der Waals surface area contributed by atoms with Crippen LogP contribution in [-0.2, 0) is 15.7 Å². The number of benzene rings is 1. The lowest BCUT2D eigenvalue weighted by molar-refractivity contribution is -0.137. The molecule has 2 aromatic heterocycles. The number of piperidine rings is 1. The fourth-order valence-electron chi connectivity index (χ4n) is 4.93. The number of anilines is 2. The second-order valence-corrected chi connectivity index (χ2v) is 13.0. The summed E-state index contributed by atoms with van der Waals surface area (Å²) in [6.07, 6.45) is -4.24. The van der Waals surface area contributed by atoms with Crippen molar-refractivity contribution in [3.63, 3.8) is 0 Å². The van der Waals surface area contributed by atoms with Gasteiger partial charge in [0.15, 0.2) is 5.58 Å². The van der Waals surface area contributed by atoms with E-state index in [-0.39, 0.29) is 46.0 Å². The zero-order valence-corrected chi connectivity index (χ0v) is 27.0. The standard InChI is InChI=1S/C31H40F3N5O6/c1-17-13-18(31(32,33)34)14-22(42-9)23(17)20-15-21(38(8)27(40)44-29(2,3)4)24-25(36-20)37-26(43-24)35-19-11-10-12-39(16-19)28(41)45-30(5,6)7/h13-15,19H,10-12,16H2,1-9H3,(H,35,36,37)/t19-/m1/s1. The van der Waals surface area contributed by atoms with E-state index in [4.69, 9.17) is 18.6 Å². The normalized spacial score (nSPS) is 16.0. The molecule has 1 aromatic carbocycles. The minimum atomic E-state index is -4.58. The Hall–Kier alpha value is -4.23. The molecule has 0 unspecified atom stereocenters. The van der Waals surface area contributed by atoms with Gasteiger partial charge < -0.3 is 28.8 Å². The number of hydrogen-bond acceptors (Lipinski definition) is 9. The number of halogens is 3. The maximum absolute atomic E-state index is 13.6. The van der Waals surface area contributed by atoms with E-state index in [0.29, 0.717) is 18.7 Å². The van der Waals surface area contributed by atoms with Gasteiger partial charge in [-0.05, 0) is 85.1 Å². The fraction of sp³-hybridized carbons (Fsp3) is 0.548. The minimum Gasteiger partial charge on any atom is -0.496 e. The number of aromatic nitrogens is 2. The number of pyridine rings is 1. The molecule has 1 N–H and O–H groups in total. The number of aryl methyl sites for hydroxylation is 1. The number of oxazole rings is 1. The van der Waals surface area contributed by atoms with Crippen molar-refractivity contribution in [3.8, 4) is 17.0 Å². The Morgan fingerprint density at radius 3 is 2.31 bits per heavy atom. The number of likely N-dealkylation sites (tertiary alicyclic amines) is 1. The van der Waals surface area contributed by atoms with Gasteiger partial charge in [0.25, 0.3) is 6.01 Å². The van der Waals surface area contributed by atoms with Crippen LogP contribution < -0.4 is 15.0 Å². The van der Waals surface area contributed by atoms with Gasteiger partial charge in [0.05, 0.1) is 24.1 Å². The molecule has 1 saturated heterocycles. The summed E-state index contributed by atoms with van der Waals surface area (Å²) in [5, 5.41) is 3.22. The summed E-state index contributed by atoms with van der Waals surface area (Å²) in [7, 11) is 2.76. The van der Waals surface area contributed by atoms with Crippen molar-refractivity contribution in [2.45, 2.75) is 84.7 Å². The summed E-state index contributed by atoms with van der Waals surface area (Å²) < 4.78 is 63.2. The zero-order valence-electron chi connectivity index (χ0n) is 27.0. The van der Waals surface area contributed by atoms with Crippen molar-refractivity contribution >= 4 is 35.1 Å². The molecule has 1 fully saturated rings. The van der Waals surface area contributed by atoms with E-state index in [1.165, 1.54) is 32.0 Å². The molecule has 14 heteroatoms. The van der Waals surface area contributed by atoms with Gasteiger partial charge in [-0.3, -0.25) is 4.90 Å². The maximum Gasteiger partial charge on any atom is 0.416 e.